The maximum Gasteiger partial charge on any atom is 0.180 e. The minimum absolute atomic E-state index is 1.07. The molecular weight excluding hydrogens is 162 g/mol. The lowest BCUT2D eigenvalue weighted by atomic mass is 10.1. The van der Waals surface area contributed by atoms with Crippen LogP contribution in [-0.2, 0) is 6.42 Å². The highest BCUT2D eigenvalue weighted by Crippen LogP contribution is 2.08. The Morgan fingerprint density at radius 3 is 2.62 bits per heavy atom. The molecule has 0 aromatic carbocycles. The molecule has 2 heteroatoms. The van der Waals surface area contributed by atoms with Gasteiger partial charge in [-0.05, 0) is 12.8 Å². The molecule has 13 heavy (non-hydrogen) atoms. The van der Waals surface area contributed by atoms with Gasteiger partial charge in [0.05, 0.1) is 5.69 Å². The normalized spacial score (nSPS) is 10.5. The first-order chi connectivity index (χ1) is 6.43. The van der Waals surface area contributed by atoms with Gasteiger partial charge in [-0.25, -0.2) is 4.98 Å². The summed E-state index contributed by atoms with van der Waals surface area (Å²) in [6, 6.07) is 0. The second-order valence-electron chi connectivity index (χ2n) is 3.50. The van der Waals surface area contributed by atoms with Crippen LogP contribution in [0, 0.1) is 0 Å². The summed E-state index contributed by atoms with van der Waals surface area (Å²) in [5.74, 6) is 0. The zero-order valence-corrected chi connectivity index (χ0v) is 8.46. The van der Waals surface area contributed by atoms with E-state index >= 15 is 0 Å². The molecule has 74 valence electrons. The molecule has 0 saturated heterocycles. The third kappa shape index (κ3) is 4.71. The second kappa shape index (κ2) is 6.70. The van der Waals surface area contributed by atoms with Crippen LogP contribution in [0.3, 0.4) is 0 Å². The molecule has 0 aliphatic heterocycles. The highest BCUT2D eigenvalue weighted by Gasteiger charge is 1.95. The minimum atomic E-state index is 1.07. The number of hydrogen-bond donors (Lipinski definition) is 0. The van der Waals surface area contributed by atoms with Crippen molar-refractivity contribution in [2.24, 2.45) is 0 Å². The van der Waals surface area contributed by atoms with Crippen molar-refractivity contribution in [2.45, 2.75) is 51.9 Å². The van der Waals surface area contributed by atoms with Crippen molar-refractivity contribution in [1.82, 2.24) is 4.98 Å². The summed E-state index contributed by atoms with van der Waals surface area (Å²) < 4.78 is 4.90. The maximum absolute atomic E-state index is 4.90. The molecular formula is C11H19NO. The third-order valence-corrected chi connectivity index (χ3v) is 2.27. The Labute approximate surface area is 80.4 Å². The van der Waals surface area contributed by atoms with Crippen LogP contribution < -0.4 is 0 Å². The molecule has 0 fully saturated rings. The fraction of sp³-hybridized carbons (Fsp3) is 0.727. The second-order valence-corrected chi connectivity index (χ2v) is 3.50. The van der Waals surface area contributed by atoms with Crippen molar-refractivity contribution in [2.75, 3.05) is 0 Å². The van der Waals surface area contributed by atoms with E-state index in [9.17, 15) is 0 Å². The van der Waals surface area contributed by atoms with E-state index in [0.717, 1.165) is 12.1 Å². The number of hydrogen-bond acceptors (Lipinski definition) is 2. The standard InChI is InChI=1S/C11H19NO/c1-2-3-4-5-6-7-8-11-9-13-10-12-11/h9-10H,2-8H2,1H3. The van der Waals surface area contributed by atoms with Gasteiger partial charge < -0.3 is 4.42 Å². The van der Waals surface area contributed by atoms with Gasteiger partial charge in [-0.2, -0.15) is 0 Å². The molecule has 0 saturated carbocycles. The van der Waals surface area contributed by atoms with Crippen LogP contribution in [0.2, 0.25) is 0 Å². The van der Waals surface area contributed by atoms with Crippen LogP contribution in [0.5, 0.6) is 0 Å². The first kappa shape index (κ1) is 10.3. The summed E-state index contributed by atoms with van der Waals surface area (Å²) in [4.78, 5) is 4.08. The van der Waals surface area contributed by atoms with Crippen molar-refractivity contribution in [3.63, 3.8) is 0 Å². The van der Waals surface area contributed by atoms with Crippen LogP contribution in [0.15, 0.2) is 17.1 Å². The third-order valence-electron chi connectivity index (χ3n) is 2.27. The Morgan fingerprint density at radius 1 is 1.15 bits per heavy atom. The van der Waals surface area contributed by atoms with Crippen LogP contribution in [-0.4, -0.2) is 4.98 Å². The highest BCUT2D eigenvalue weighted by molar-refractivity contribution is 4.90. The molecule has 0 aliphatic carbocycles. The molecule has 0 unspecified atom stereocenters. The Morgan fingerprint density at radius 2 is 1.92 bits per heavy atom. The van der Waals surface area contributed by atoms with Gasteiger partial charge in [-0.15, -0.1) is 0 Å². The smallest absolute Gasteiger partial charge is 0.180 e. The summed E-state index contributed by atoms with van der Waals surface area (Å²) in [5, 5.41) is 0. The van der Waals surface area contributed by atoms with Crippen molar-refractivity contribution in [3.8, 4) is 0 Å². The molecule has 0 amide bonds. The van der Waals surface area contributed by atoms with Gasteiger partial charge in [-0.3, -0.25) is 0 Å². The minimum Gasteiger partial charge on any atom is -0.451 e. The first-order valence-electron chi connectivity index (χ1n) is 5.30. The van der Waals surface area contributed by atoms with Gasteiger partial charge in [-0.1, -0.05) is 39.0 Å². The van der Waals surface area contributed by atoms with E-state index in [1.54, 1.807) is 6.26 Å². The molecule has 0 spiro atoms. The van der Waals surface area contributed by atoms with Crippen LogP contribution in [0.25, 0.3) is 0 Å². The molecule has 0 N–H and O–H groups in total. The Balaban J connectivity index is 1.90. The van der Waals surface area contributed by atoms with E-state index in [-0.39, 0.29) is 0 Å². The van der Waals surface area contributed by atoms with E-state index in [1.165, 1.54) is 44.9 Å². The summed E-state index contributed by atoms with van der Waals surface area (Å²) in [6.45, 7) is 2.25. The number of oxazole rings is 1. The molecule has 1 rings (SSSR count). The average Bonchev–Trinajstić information content (AvgIpc) is 2.63. The summed E-state index contributed by atoms with van der Waals surface area (Å²) in [5.41, 5.74) is 1.09. The lowest BCUT2D eigenvalue weighted by Crippen LogP contribution is -1.85. The van der Waals surface area contributed by atoms with Gasteiger partial charge in [0.2, 0.25) is 0 Å². The monoisotopic (exact) mass is 181 g/mol. The zero-order chi connectivity index (χ0) is 9.36. The van der Waals surface area contributed by atoms with Crippen molar-refractivity contribution in [3.05, 3.63) is 18.4 Å². The largest absolute Gasteiger partial charge is 0.451 e. The molecule has 0 atom stereocenters. The molecule has 1 aromatic heterocycles. The molecule has 0 aliphatic rings. The van der Waals surface area contributed by atoms with Crippen LogP contribution >= 0.6 is 0 Å². The van der Waals surface area contributed by atoms with Crippen molar-refractivity contribution < 1.29 is 4.42 Å². The molecule has 1 aromatic rings. The van der Waals surface area contributed by atoms with Crippen LogP contribution in [0.4, 0.5) is 0 Å². The van der Waals surface area contributed by atoms with E-state index in [1.807, 2.05) is 0 Å². The Bertz CT molecular complexity index is 194. The summed E-state index contributed by atoms with van der Waals surface area (Å²) in [6.07, 6.45) is 12.3. The predicted molar refractivity (Wildman–Crippen MR) is 53.6 cm³/mol. The predicted octanol–water partition coefficient (Wildman–Crippen LogP) is 3.58. The van der Waals surface area contributed by atoms with Gasteiger partial charge in [0.15, 0.2) is 6.39 Å². The van der Waals surface area contributed by atoms with Crippen molar-refractivity contribution in [1.29, 1.82) is 0 Å². The zero-order valence-electron chi connectivity index (χ0n) is 8.46. The van der Waals surface area contributed by atoms with Gasteiger partial charge in [0.25, 0.3) is 0 Å². The average molecular weight is 181 g/mol. The number of nitrogens with zero attached hydrogens (tertiary/aromatic N) is 1. The lowest BCUT2D eigenvalue weighted by molar-refractivity contribution is 0.554. The van der Waals surface area contributed by atoms with E-state index in [0.29, 0.717) is 0 Å². The van der Waals surface area contributed by atoms with E-state index in [4.69, 9.17) is 4.42 Å². The van der Waals surface area contributed by atoms with Gasteiger partial charge in [0.1, 0.15) is 6.26 Å². The summed E-state index contributed by atoms with van der Waals surface area (Å²) >= 11 is 0. The highest BCUT2D eigenvalue weighted by atomic mass is 16.3. The fourth-order valence-corrected chi connectivity index (χ4v) is 1.45. The lowest BCUT2D eigenvalue weighted by Gasteiger charge is -1.98. The molecule has 0 radical (unpaired) electrons. The van der Waals surface area contributed by atoms with E-state index < -0.39 is 0 Å². The van der Waals surface area contributed by atoms with Crippen molar-refractivity contribution >= 4 is 0 Å². The maximum atomic E-state index is 4.90. The summed E-state index contributed by atoms with van der Waals surface area (Å²) in [7, 11) is 0. The quantitative estimate of drug-likeness (QED) is 0.601. The number of aromatic nitrogens is 1. The number of rotatable bonds is 7. The van der Waals surface area contributed by atoms with Gasteiger partial charge in [0, 0.05) is 0 Å². The van der Waals surface area contributed by atoms with Crippen LogP contribution in [0.1, 0.15) is 51.1 Å². The topological polar surface area (TPSA) is 26.0 Å². The first-order valence-corrected chi connectivity index (χ1v) is 5.30. The fourth-order valence-electron chi connectivity index (χ4n) is 1.45. The van der Waals surface area contributed by atoms with Gasteiger partial charge >= 0.3 is 0 Å². The molecule has 1 heterocycles. The molecule has 2 nitrogen and oxygen atoms in total. The number of unbranched alkanes of at least 4 members (excludes halogenated alkanes) is 5. The Kier molecular flexibility index (Phi) is 5.30. The Hall–Kier alpha value is -0.790. The number of aryl methyl sites for hydroxylation is 1. The SMILES string of the molecule is CCCCCCCCc1cocn1. The van der Waals surface area contributed by atoms with E-state index in [2.05, 4.69) is 11.9 Å². The molecule has 0 bridgehead atoms.